The number of hydrogen-bond acceptors (Lipinski definition) is 6. The molecule has 1 aromatic carbocycles. The maximum atomic E-state index is 12.6. The van der Waals surface area contributed by atoms with Crippen LogP contribution in [0.15, 0.2) is 36.5 Å². The third-order valence-electron chi connectivity index (χ3n) is 3.38. The van der Waals surface area contributed by atoms with Crippen molar-refractivity contribution >= 4 is 29.6 Å². The topological polar surface area (TPSA) is 111 Å². The smallest absolute Gasteiger partial charge is 0.417 e. The molecular weight excluding hydrogens is 431 g/mol. The number of carbonyl (C=O) groups excluding carboxylic acids is 2. The predicted octanol–water partition coefficient (Wildman–Crippen LogP) is 3.73. The van der Waals surface area contributed by atoms with Crippen molar-refractivity contribution in [3.05, 3.63) is 52.6 Å². The van der Waals surface area contributed by atoms with Crippen LogP contribution in [0.5, 0.6) is 17.4 Å². The summed E-state index contributed by atoms with van der Waals surface area (Å²) in [6.07, 6.45) is -4.44. The Labute approximate surface area is 172 Å². The van der Waals surface area contributed by atoms with Crippen molar-refractivity contribution in [3.63, 3.8) is 0 Å². The Balaban J connectivity index is 1.96. The Hall–Kier alpha value is -3.43. The molecule has 1 unspecified atom stereocenters. The second-order valence-electron chi connectivity index (χ2n) is 5.66. The van der Waals surface area contributed by atoms with Gasteiger partial charge in [-0.3, -0.25) is 4.79 Å². The zero-order valence-electron chi connectivity index (χ0n) is 15.2. The van der Waals surface area contributed by atoms with Gasteiger partial charge >= 0.3 is 18.4 Å². The number of aromatic nitrogens is 1. The second kappa shape index (κ2) is 9.86. The van der Waals surface area contributed by atoms with E-state index in [1.165, 1.54) is 31.2 Å². The second-order valence-corrected chi connectivity index (χ2v) is 6.07. The standard InChI is InChI=1S/C18H13ClF3N3O5/c1-10(17(27)28-9-12(26)8-25-23)29-13-2-4-14(5-3-13)30-16-15(19)6-11(7-24-16)18(20,21)22/h2-8,10H,9H2,1H3. The number of halogens is 4. The van der Waals surface area contributed by atoms with Crippen LogP contribution in [0.2, 0.25) is 5.02 Å². The van der Waals surface area contributed by atoms with Crippen LogP contribution in [-0.2, 0) is 20.5 Å². The van der Waals surface area contributed by atoms with Gasteiger partial charge in [-0.25, -0.2) is 9.78 Å². The zero-order valence-corrected chi connectivity index (χ0v) is 16.0. The summed E-state index contributed by atoms with van der Waals surface area (Å²) >= 11 is 5.78. The molecule has 158 valence electrons. The largest absolute Gasteiger partial charge is 0.479 e. The monoisotopic (exact) mass is 443 g/mol. The van der Waals surface area contributed by atoms with E-state index in [4.69, 9.17) is 31.3 Å². The number of rotatable bonds is 8. The molecule has 30 heavy (non-hydrogen) atoms. The summed E-state index contributed by atoms with van der Waals surface area (Å²) in [6.45, 7) is 0.785. The molecular formula is C18H13ClF3N3O5. The SMILES string of the molecule is CC(Oc1ccc(Oc2ncc(C(F)(F)F)cc2Cl)cc1)C(=O)OCC(=O)C=[N+]=[N-]. The number of pyridine rings is 1. The van der Waals surface area contributed by atoms with Crippen LogP contribution < -0.4 is 9.47 Å². The maximum Gasteiger partial charge on any atom is 0.417 e. The molecule has 0 N–H and O–H groups in total. The van der Waals surface area contributed by atoms with E-state index in [2.05, 4.69) is 9.77 Å². The summed E-state index contributed by atoms with van der Waals surface area (Å²) in [5, 5.41) is -0.317. The number of carbonyl (C=O) groups is 2. The van der Waals surface area contributed by atoms with Gasteiger partial charge in [0.15, 0.2) is 12.7 Å². The highest BCUT2D eigenvalue weighted by molar-refractivity contribution is 6.31. The zero-order chi connectivity index (χ0) is 22.3. The summed E-state index contributed by atoms with van der Waals surface area (Å²) < 4.78 is 53.3. The Morgan fingerprint density at radius 2 is 1.90 bits per heavy atom. The van der Waals surface area contributed by atoms with Crippen molar-refractivity contribution in [3.8, 4) is 17.4 Å². The minimum Gasteiger partial charge on any atom is -0.479 e. The van der Waals surface area contributed by atoms with Crippen LogP contribution in [0.1, 0.15) is 12.5 Å². The highest BCUT2D eigenvalue weighted by Crippen LogP contribution is 2.34. The minimum atomic E-state index is -4.58. The first-order valence-corrected chi connectivity index (χ1v) is 8.52. The Morgan fingerprint density at radius 1 is 1.27 bits per heavy atom. The first-order valence-electron chi connectivity index (χ1n) is 8.14. The average Bonchev–Trinajstić information content (AvgIpc) is 2.68. The third-order valence-corrected chi connectivity index (χ3v) is 3.65. The van der Waals surface area contributed by atoms with Gasteiger partial charge in [0.1, 0.15) is 16.5 Å². The lowest BCUT2D eigenvalue weighted by Gasteiger charge is -2.14. The van der Waals surface area contributed by atoms with Gasteiger partial charge < -0.3 is 19.7 Å². The van der Waals surface area contributed by atoms with E-state index in [0.29, 0.717) is 18.5 Å². The van der Waals surface area contributed by atoms with Crippen LogP contribution in [0, 0.1) is 0 Å². The summed E-state index contributed by atoms with van der Waals surface area (Å²) in [5.41, 5.74) is 7.19. The Bertz CT molecular complexity index is 976. The molecule has 2 aromatic rings. The number of ketones is 1. The molecule has 12 heteroatoms. The first-order chi connectivity index (χ1) is 14.1. The molecule has 0 aliphatic heterocycles. The number of esters is 1. The predicted molar refractivity (Wildman–Crippen MR) is 96.5 cm³/mol. The number of hydrogen-bond donors (Lipinski definition) is 0. The van der Waals surface area contributed by atoms with Crippen molar-refractivity contribution in [1.82, 2.24) is 4.98 Å². The van der Waals surface area contributed by atoms with Crippen LogP contribution in [0.4, 0.5) is 13.2 Å². The van der Waals surface area contributed by atoms with E-state index < -0.39 is 36.2 Å². The molecule has 0 amide bonds. The number of alkyl halides is 3. The lowest BCUT2D eigenvalue weighted by molar-refractivity contribution is -0.153. The molecule has 2 rings (SSSR count). The average molecular weight is 444 g/mol. The van der Waals surface area contributed by atoms with E-state index in [1.807, 2.05) is 0 Å². The number of Topliss-reactive ketones (excluding diaryl/α,β-unsaturated/α-hetero) is 1. The fourth-order valence-corrected chi connectivity index (χ4v) is 2.17. The molecule has 0 radical (unpaired) electrons. The van der Waals surface area contributed by atoms with Crippen molar-refractivity contribution in [2.45, 2.75) is 19.2 Å². The molecule has 8 nitrogen and oxygen atoms in total. The van der Waals surface area contributed by atoms with Gasteiger partial charge in [0.25, 0.3) is 5.78 Å². The van der Waals surface area contributed by atoms with Gasteiger partial charge in [-0.15, -0.1) is 0 Å². The molecule has 0 saturated heterocycles. The van der Waals surface area contributed by atoms with Crippen molar-refractivity contribution < 1.29 is 41.8 Å². The highest BCUT2D eigenvalue weighted by atomic mass is 35.5. The number of nitrogens with zero attached hydrogens (tertiary/aromatic N) is 3. The van der Waals surface area contributed by atoms with Crippen molar-refractivity contribution in [1.29, 1.82) is 0 Å². The molecule has 1 heterocycles. The molecule has 0 aliphatic rings. The normalized spacial score (nSPS) is 11.8. The number of benzene rings is 1. The third kappa shape index (κ3) is 6.57. The van der Waals surface area contributed by atoms with Gasteiger partial charge in [-0.05, 0) is 37.3 Å². The molecule has 0 aliphatic carbocycles. The van der Waals surface area contributed by atoms with E-state index in [0.717, 1.165) is 0 Å². The van der Waals surface area contributed by atoms with Gasteiger partial charge in [0.2, 0.25) is 5.88 Å². The van der Waals surface area contributed by atoms with E-state index in [9.17, 15) is 22.8 Å². The fraction of sp³-hybridized carbons (Fsp3) is 0.222. The molecule has 0 saturated carbocycles. The Kier molecular flexibility index (Phi) is 7.51. The fourth-order valence-electron chi connectivity index (χ4n) is 1.97. The lowest BCUT2D eigenvalue weighted by Crippen LogP contribution is -2.28. The van der Waals surface area contributed by atoms with E-state index in [1.54, 1.807) is 0 Å². The Morgan fingerprint density at radius 3 is 2.47 bits per heavy atom. The summed E-state index contributed by atoms with van der Waals surface area (Å²) in [7, 11) is 0. The van der Waals surface area contributed by atoms with Crippen LogP contribution in [-0.4, -0.2) is 40.5 Å². The molecule has 1 aromatic heterocycles. The van der Waals surface area contributed by atoms with Gasteiger partial charge in [-0.1, -0.05) is 11.6 Å². The maximum absolute atomic E-state index is 12.6. The van der Waals surface area contributed by atoms with Crippen molar-refractivity contribution in [2.24, 2.45) is 0 Å². The summed E-state index contributed by atoms with van der Waals surface area (Å²) in [6, 6.07) is 6.40. The quantitative estimate of drug-likeness (QED) is 0.266. The van der Waals surface area contributed by atoms with Crippen LogP contribution >= 0.6 is 11.6 Å². The molecule has 0 spiro atoms. The highest BCUT2D eigenvalue weighted by Gasteiger charge is 2.31. The van der Waals surface area contributed by atoms with Gasteiger partial charge in [0.05, 0.1) is 5.56 Å². The molecule has 0 bridgehead atoms. The first kappa shape index (κ1) is 22.9. The lowest BCUT2D eigenvalue weighted by atomic mass is 10.3. The number of ether oxygens (including phenoxy) is 3. The van der Waals surface area contributed by atoms with Crippen molar-refractivity contribution in [2.75, 3.05) is 6.61 Å². The summed E-state index contributed by atoms with van der Waals surface area (Å²) in [5.74, 6) is -1.29. The molecule has 1 atom stereocenters. The van der Waals surface area contributed by atoms with Crippen LogP contribution in [0.3, 0.4) is 0 Å². The molecule has 0 fully saturated rings. The van der Waals surface area contributed by atoms with Crippen LogP contribution in [0.25, 0.3) is 5.53 Å². The minimum absolute atomic E-state index is 0.209. The van der Waals surface area contributed by atoms with Gasteiger partial charge in [0, 0.05) is 6.20 Å². The van der Waals surface area contributed by atoms with Gasteiger partial charge in [-0.2, -0.15) is 18.0 Å². The summed E-state index contributed by atoms with van der Waals surface area (Å²) in [4.78, 5) is 28.9. The van der Waals surface area contributed by atoms with E-state index in [-0.39, 0.29) is 22.4 Å². The van der Waals surface area contributed by atoms with E-state index >= 15 is 0 Å².